The van der Waals surface area contributed by atoms with Crippen molar-refractivity contribution in [2.45, 2.75) is 19.5 Å². The Morgan fingerprint density at radius 2 is 2.29 bits per heavy atom. The van der Waals surface area contributed by atoms with Crippen LogP contribution in [0.1, 0.15) is 16.1 Å². The van der Waals surface area contributed by atoms with Crippen molar-refractivity contribution in [3.8, 4) is 0 Å². The van der Waals surface area contributed by atoms with Gasteiger partial charge >= 0.3 is 0 Å². The van der Waals surface area contributed by atoms with Crippen LogP contribution in [-0.2, 0) is 19.5 Å². The summed E-state index contributed by atoms with van der Waals surface area (Å²) in [6.07, 6.45) is 3.05. The van der Waals surface area contributed by atoms with Crippen LogP contribution in [0, 0.1) is 0 Å². The molecule has 0 radical (unpaired) electrons. The van der Waals surface area contributed by atoms with E-state index in [-0.39, 0.29) is 0 Å². The molecule has 0 saturated heterocycles. The molecule has 3 rings (SSSR count). The van der Waals surface area contributed by atoms with Crippen molar-refractivity contribution < 1.29 is 0 Å². The van der Waals surface area contributed by atoms with Gasteiger partial charge in [-0.3, -0.25) is 9.88 Å². The first-order valence-electron chi connectivity index (χ1n) is 5.69. The number of nitrogens with zero attached hydrogens (tertiary/aromatic N) is 2. The average Bonchev–Trinajstić information content (AvgIpc) is 2.79. The molecule has 1 aliphatic heterocycles. The molecule has 2 aromatic rings. The molecule has 0 fully saturated rings. The Hall–Kier alpha value is -0.710. The molecule has 0 aliphatic carbocycles. The molecule has 0 aromatic carbocycles. The number of fused-ring (bicyclic) bond motifs is 1. The molecule has 2 nitrogen and oxygen atoms in total. The first-order chi connectivity index (χ1) is 8.31. The van der Waals surface area contributed by atoms with Crippen molar-refractivity contribution in [2.75, 3.05) is 6.54 Å². The van der Waals surface area contributed by atoms with Gasteiger partial charge in [-0.15, -0.1) is 11.3 Å². The van der Waals surface area contributed by atoms with Gasteiger partial charge in [-0.05, 0) is 51.5 Å². The van der Waals surface area contributed by atoms with Crippen molar-refractivity contribution in [3.63, 3.8) is 0 Å². The topological polar surface area (TPSA) is 16.1 Å². The van der Waals surface area contributed by atoms with E-state index < -0.39 is 0 Å². The van der Waals surface area contributed by atoms with Gasteiger partial charge < -0.3 is 0 Å². The Balaban J connectivity index is 1.69. The zero-order valence-corrected chi connectivity index (χ0v) is 11.8. The summed E-state index contributed by atoms with van der Waals surface area (Å²) in [5.41, 5.74) is 2.64. The fourth-order valence-corrected chi connectivity index (χ4v) is 3.30. The Bertz CT molecular complexity index is 506. The zero-order valence-electron chi connectivity index (χ0n) is 9.40. The molecule has 0 amide bonds. The minimum atomic E-state index is 0.947. The van der Waals surface area contributed by atoms with Crippen LogP contribution in [0.5, 0.6) is 0 Å². The highest BCUT2D eigenvalue weighted by molar-refractivity contribution is 9.10. The Morgan fingerprint density at radius 3 is 3.12 bits per heavy atom. The van der Waals surface area contributed by atoms with E-state index >= 15 is 0 Å². The van der Waals surface area contributed by atoms with Crippen LogP contribution in [0.2, 0.25) is 0 Å². The highest BCUT2D eigenvalue weighted by Crippen LogP contribution is 2.24. The third kappa shape index (κ3) is 2.59. The van der Waals surface area contributed by atoms with Gasteiger partial charge in [0, 0.05) is 35.2 Å². The van der Waals surface area contributed by atoms with Gasteiger partial charge in [0.15, 0.2) is 0 Å². The summed E-state index contributed by atoms with van der Waals surface area (Å²) in [6, 6.07) is 6.40. The van der Waals surface area contributed by atoms with E-state index in [9.17, 15) is 0 Å². The standard InChI is InChI=1S/C13H13BrN2S/c14-11-1-2-12(15-7-11)9-16-5-3-13-10(8-16)4-6-17-13/h1-2,4,6-7H,3,5,8-9H2. The van der Waals surface area contributed by atoms with Crippen LogP contribution in [0.25, 0.3) is 0 Å². The number of thiophene rings is 1. The number of hydrogen-bond acceptors (Lipinski definition) is 3. The number of aromatic nitrogens is 1. The summed E-state index contributed by atoms with van der Waals surface area (Å²) in [7, 11) is 0. The maximum Gasteiger partial charge on any atom is 0.0544 e. The van der Waals surface area contributed by atoms with E-state index in [0.29, 0.717) is 0 Å². The number of hydrogen-bond donors (Lipinski definition) is 0. The summed E-state index contributed by atoms with van der Waals surface area (Å²) >= 11 is 5.30. The summed E-state index contributed by atoms with van der Waals surface area (Å²) in [5, 5.41) is 2.20. The van der Waals surface area contributed by atoms with Gasteiger partial charge in [0.2, 0.25) is 0 Å². The first-order valence-corrected chi connectivity index (χ1v) is 7.36. The average molecular weight is 309 g/mol. The second-order valence-electron chi connectivity index (χ2n) is 4.30. The highest BCUT2D eigenvalue weighted by Gasteiger charge is 2.17. The third-order valence-corrected chi connectivity index (χ3v) is 4.55. The lowest BCUT2D eigenvalue weighted by atomic mass is 10.1. The summed E-state index contributed by atoms with van der Waals surface area (Å²) in [6.45, 7) is 3.16. The molecule has 0 saturated carbocycles. The number of halogens is 1. The van der Waals surface area contributed by atoms with Crippen molar-refractivity contribution in [3.05, 3.63) is 50.4 Å². The van der Waals surface area contributed by atoms with E-state index in [1.165, 1.54) is 12.0 Å². The van der Waals surface area contributed by atoms with E-state index in [2.05, 4.69) is 49.4 Å². The molecule has 0 atom stereocenters. The van der Waals surface area contributed by atoms with Gasteiger partial charge in [0.05, 0.1) is 5.69 Å². The quantitative estimate of drug-likeness (QED) is 0.844. The Morgan fingerprint density at radius 1 is 1.35 bits per heavy atom. The van der Waals surface area contributed by atoms with Crippen LogP contribution in [0.3, 0.4) is 0 Å². The second-order valence-corrected chi connectivity index (χ2v) is 6.21. The Labute approximate surface area is 113 Å². The van der Waals surface area contributed by atoms with Gasteiger partial charge in [-0.1, -0.05) is 0 Å². The van der Waals surface area contributed by atoms with Crippen LogP contribution in [0.15, 0.2) is 34.2 Å². The SMILES string of the molecule is Brc1ccc(CN2CCc3sccc3C2)nc1. The van der Waals surface area contributed by atoms with Crippen LogP contribution in [0.4, 0.5) is 0 Å². The monoisotopic (exact) mass is 308 g/mol. The maximum atomic E-state index is 4.43. The molecule has 3 heterocycles. The van der Waals surface area contributed by atoms with E-state index in [0.717, 1.165) is 29.8 Å². The molecular weight excluding hydrogens is 296 g/mol. The number of pyridine rings is 1. The molecular formula is C13H13BrN2S. The van der Waals surface area contributed by atoms with Crippen LogP contribution >= 0.6 is 27.3 Å². The lowest BCUT2D eigenvalue weighted by molar-refractivity contribution is 0.244. The third-order valence-electron chi connectivity index (χ3n) is 3.06. The van der Waals surface area contributed by atoms with Crippen molar-refractivity contribution in [1.82, 2.24) is 9.88 Å². The molecule has 2 aromatic heterocycles. The fraction of sp³-hybridized carbons (Fsp3) is 0.308. The molecule has 17 heavy (non-hydrogen) atoms. The van der Waals surface area contributed by atoms with Crippen molar-refractivity contribution >= 4 is 27.3 Å². The summed E-state index contributed by atoms with van der Waals surface area (Å²) in [5.74, 6) is 0. The molecule has 4 heteroatoms. The predicted molar refractivity (Wildman–Crippen MR) is 74.1 cm³/mol. The fourth-order valence-electron chi connectivity index (χ4n) is 2.17. The lowest BCUT2D eigenvalue weighted by Crippen LogP contribution is -2.29. The van der Waals surface area contributed by atoms with Gasteiger partial charge in [0.25, 0.3) is 0 Å². The highest BCUT2D eigenvalue weighted by atomic mass is 79.9. The molecule has 88 valence electrons. The molecule has 1 aliphatic rings. The number of rotatable bonds is 2. The zero-order chi connectivity index (χ0) is 11.7. The minimum Gasteiger partial charge on any atom is -0.293 e. The van der Waals surface area contributed by atoms with Crippen LogP contribution in [-0.4, -0.2) is 16.4 Å². The first kappa shape index (κ1) is 11.4. The Kier molecular flexibility index (Phi) is 3.27. The second kappa shape index (κ2) is 4.88. The van der Waals surface area contributed by atoms with E-state index in [1.807, 2.05) is 17.5 Å². The summed E-state index contributed by atoms with van der Waals surface area (Å²) < 4.78 is 1.04. The largest absolute Gasteiger partial charge is 0.293 e. The van der Waals surface area contributed by atoms with Crippen molar-refractivity contribution in [1.29, 1.82) is 0 Å². The smallest absolute Gasteiger partial charge is 0.0544 e. The molecule has 0 N–H and O–H groups in total. The molecule has 0 unspecified atom stereocenters. The lowest BCUT2D eigenvalue weighted by Gasteiger charge is -2.26. The van der Waals surface area contributed by atoms with Gasteiger partial charge in [0.1, 0.15) is 0 Å². The molecule has 0 bridgehead atoms. The normalized spacial score (nSPS) is 15.8. The maximum absolute atomic E-state index is 4.43. The van der Waals surface area contributed by atoms with Crippen LogP contribution < -0.4 is 0 Å². The van der Waals surface area contributed by atoms with Crippen molar-refractivity contribution in [2.24, 2.45) is 0 Å². The van der Waals surface area contributed by atoms with E-state index in [4.69, 9.17) is 0 Å². The molecule has 0 spiro atoms. The summed E-state index contributed by atoms with van der Waals surface area (Å²) in [4.78, 5) is 8.45. The minimum absolute atomic E-state index is 0.947. The van der Waals surface area contributed by atoms with E-state index in [1.54, 1.807) is 4.88 Å². The predicted octanol–water partition coefficient (Wildman–Crippen LogP) is 3.46. The van der Waals surface area contributed by atoms with Gasteiger partial charge in [-0.2, -0.15) is 0 Å². The van der Waals surface area contributed by atoms with Gasteiger partial charge in [-0.25, -0.2) is 0 Å².